The molecule has 0 saturated carbocycles. The zero-order chi connectivity index (χ0) is 13.0. The monoisotopic (exact) mass is 269 g/mol. The molecule has 2 nitrogen and oxygen atoms in total. The van der Waals surface area contributed by atoms with Crippen molar-refractivity contribution in [2.24, 2.45) is 0 Å². The third-order valence-electron chi connectivity index (χ3n) is 2.38. The van der Waals surface area contributed by atoms with E-state index in [1.165, 1.54) is 12.1 Å². The number of furan rings is 1. The highest BCUT2D eigenvalue weighted by atomic mass is 32.2. The third kappa shape index (κ3) is 3.11. The molecule has 0 unspecified atom stereocenters. The van der Waals surface area contributed by atoms with Crippen molar-refractivity contribution in [3.63, 3.8) is 0 Å². The molecule has 0 radical (unpaired) electrons. The molecule has 1 heterocycles. The van der Waals surface area contributed by atoms with Crippen molar-refractivity contribution in [2.45, 2.75) is 17.2 Å². The Kier molecular flexibility index (Phi) is 4.38. The Morgan fingerprint density at radius 3 is 2.56 bits per heavy atom. The van der Waals surface area contributed by atoms with Gasteiger partial charge in [-0.05, 0) is 36.9 Å². The molecule has 0 saturated heterocycles. The smallest absolute Gasteiger partial charge is 0.140 e. The summed E-state index contributed by atoms with van der Waals surface area (Å²) < 4.78 is 32.6. The van der Waals surface area contributed by atoms with Gasteiger partial charge in [0.1, 0.15) is 17.4 Å². The summed E-state index contributed by atoms with van der Waals surface area (Å²) in [5.41, 5.74) is 0.592. The predicted molar refractivity (Wildman–Crippen MR) is 67.4 cm³/mol. The molecule has 5 heteroatoms. The molecule has 1 N–H and O–H groups in total. The van der Waals surface area contributed by atoms with Gasteiger partial charge < -0.3 is 9.73 Å². The van der Waals surface area contributed by atoms with Crippen LogP contribution in [-0.4, -0.2) is 7.05 Å². The first-order valence-corrected chi connectivity index (χ1v) is 6.47. The second-order valence-electron chi connectivity index (χ2n) is 3.79. The lowest BCUT2D eigenvalue weighted by Gasteiger charge is -2.07. The van der Waals surface area contributed by atoms with E-state index in [4.69, 9.17) is 4.42 Å². The molecule has 0 bridgehead atoms. The number of hydrogen-bond donors (Lipinski definition) is 1. The van der Waals surface area contributed by atoms with Gasteiger partial charge in [-0.2, -0.15) is 0 Å². The summed E-state index contributed by atoms with van der Waals surface area (Å²) in [6.07, 6.45) is 1.54. The molecule has 96 valence electrons. The van der Waals surface area contributed by atoms with Gasteiger partial charge >= 0.3 is 0 Å². The molecule has 0 spiro atoms. The van der Waals surface area contributed by atoms with E-state index >= 15 is 0 Å². The molecule has 0 aliphatic carbocycles. The minimum absolute atomic E-state index is 0.0336. The molecule has 0 fully saturated rings. The van der Waals surface area contributed by atoms with Crippen molar-refractivity contribution in [1.82, 2.24) is 5.32 Å². The van der Waals surface area contributed by atoms with Crippen molar-refractivity contribution in [2.75, 3.05) is 7.05 Å². The van der Waals surface area contributed by atoms with Crippen LogP contribution in [0, 0.1) is 11.6 Å². The van der Waals surface area contributed by atoms with Crippen LogP contribution < -0.4 is 5.32 Å². The normalized spacial score (nSPS) is 10.8. The van der Waals surface area contributed by atoms with E-state index < -0.39 is 11.6 Å². The van der Waals surface area contributed by atoms with Crippen LogP contribution in [0.25, 0.3) is 0 Å². The second kappa shape index (κ2) is 6.02. The molecular formula is C13H13F2NOS. The first kappa shape index (κ1) is 13.1. The van der Waals surface area contributed by atoms with E-state index in [0.29, 0.717) is 23.6 Å². The molecule has 2 rings (SSSR count). The fourth-order valence-corrected chi connectivity index (χ4v) is 2.44. The maximum atomic E-state index is 13.7. The van der Waals surface area contributed by atoms with Gasteiger partial charge in [0, 0.05) is 6.54 Å². The number of rotatable bonds is 5. The van der Waals surface area contributed by atoms with Crippen LogP contribution in [0.15, 0.2) is 39.8 Å². The first-order valence-electron chi connectivity index (χ1n) is 5.48. The van der Waals surface area contributed by atoms with Crippen LogP contribution in [0.1, 0.15) is 11.3 Å². The van der Waals surface area contributed by atoms with Crippen molar-refractivity contribution < 1.29 is 13.2 Å². The second-order valence-corrected chi connectivity index (χ2v) is 4.77. The highest BCUT2D eigenvalue weighted by Gasteiger charge is 2.12. The third-order valence-corrected chi connectivity index (χ3v) is 3.49. The van der Waals surface area contributed by atoms with Crippen LogP contribution in [0.5, 0.6) is 0 Å². The number of thioether (sulfide) groups is 1. The lowest BCUT2D eigenvalue weighted by molar-refractivity contribution is 0.526. The van der Waals surface area contributed by atoms with Crippen LogP contribution in [-0.2, 0) is 12.3 Å². The van der Waals surface area contributed by atoms with Crippen LogP contribution in [0.2, 0.25) is 0 Å². The quantitative estimate of drug-likeness (QED) is 0.840. The van der Waals surface area contributed by atoms with Crippen LogP contribution >= 0.6 is 11.8 Å². The summed E-state index contributed by atoms with van der Waals surface area (Å²) in [5.74, 6) is 0.0402. The van der Waals surface area contributed by atoms with Crippen molar-refractivity contribution >= 4 is 11.8 Å². The molecule has 0 aliphatic rings. The average Bonchev–Trinajstić information content (AvgIpc) is 2.81. The van der Waals surface area contributed by atoms with E-state index in [9.17, 15) is 8.78 Å². The SMILES string of the molecule is CNCc1cc(F)c(SCc2ccco2)c(F)c1. The van der Waals surface area contributed by atoms with Crippen molar-refractivity contribution in [1.29, 1.82) is 0 Å². The molecule has 1 aromatic heterocycles. The molecule has 0 atom stereocenters. The average molecular weight is 269 g/mol. The van der Waals surface area contributed by atoms with E-state index in [0.717, 1.165) is 11.8 Å². The molecule has 2 aromatic rings. The first-order chi connectivity index (χ1) is 8.70. The standard InChI is InChI=1S/C13H13F2NOS/c1-16-7-9-5-11(14)13(12(15)6-9)18-8-10-3-2-4-17-10/h2-6,16H,7-8H2,1H3. The highest BCUT2D eigenvalue weighted by molar-refractivity contribution is 7.98. The van der Waals surface area contributed by atoms with Gasteiger partial charge in [-0.15, -0.1) is 11.8 Å². The summed E-state index contributed by atoms with van der Waals surface area (Å²) in [7, 11) is 1.73. The van der Waals surface area contributed by atoms with Gasteiger partial charge in [-0.3, -0.25) is 0 Å². The van der Waals surface area contributed by atoms with Crippen LogP contribution in [0.3, 0.4) is 0 Å². The van der Waals surface area contributed by atoms with E-state index in [2.05, 4.69) is 5.32 Å². The number of nitrogens with one attached hydrogen (secondary N) is 1. The van der Waals surface area contributed by atoms with Gasteiger partial charge in [-0.1, -0.05) is 0 Å². The number of benzene rings is 1. The van der Waals surface area contributed by atoms with Crippen LogP contribution in [0.4, 0.5) is 8.78 Å². The Morgan fingerprint density at radius 1 is 1.28 bits per heavy atom. The van der Waals surface area contributed by atoms with Gasteiger partial charge in [0.15, 0.2) is 0 Å². The zero-order valence-electron chi connectivity index (χ0n) is 9.87. The minimum Gasteiger partial charge on any atom is -0.468 e. The van der Waals surface area contributed by atoms with Gasteiger partial charge in [0.2, 0.25) is 0 Å². The molecule has 18 heavy (non-hydrogen) atoms. The highest BCUT2D eigenvalue weighted by Crippen LogP contribution is 2.29. The number of hydrogen-bond acceptors (Lipinski definition) is 3. The molecular weight excluding hydrogens is 256 g/mol. The van der Waals surface area contributed by atoms with Gasteiger partial charge in [0.25, 0.3) is 0 Å². The van der Waals surface area contributed by atoms with Crippen molar-refractivity contribution in [3.8, 4) is 0 Å². The maximum Gasteiger partial charge on any atom is 0.140 e. The Balaban J connectivity index is 2.12. The molecule has 0 aliphatic heterocycles. The Hall–Kier alpha value is -1.33. The van der Waals surface area contributed by atoms with Gasteiger partial charge in [-0.25, -0.2) is 8.78 Å². The lowest BCUT2D eigenvalue weighted by Crippen LogP contribution is -2.06. The Labute approximate surface area is 108 Å². The summed E-state index contributed by atoms with van der Waals surface area (Å²) in [5, 5.41) is 2.86. The lowest BCUT2D eigenvalue weighted by atomic mass is 10.2. The zero-order valence-corrected chi connectivity index (χ0v) is 10.7. The summed E-state index contributed by atoms with van der Waals surface area (Å²) in [6, 6.07) is 6.23. The number of halogens is 2. The Bertz CT molecular complexity index is 491. The fourth-order valence-electron chi connectivity index (χ4n) is 1.59. The minimum atomic E-state index is -0.531. The Morgan fingerprint density at radius 2 is 2.00 bits per heavy atom. The topological polar surface area (TPSA) is 25.2 Å². The molecule has 1 aromatic carbocycles. The van der Waals surface area contributed by atoms with E-state index in [1.807, 2.05) is 0 Å². The van der Waals surface area contributed by atoms with E-state index in [-0.39, 0.29) is 4.90 Å². The molecule has 0 amide bonds. The van der Waals surface area contributed by atoms with Crippen molar-refractivity contribution in [3.05, 3.63) is 53.5 Å². The fraction of sp³-hybridized carbons (Fsp3) is 0.231. The van der Waals surface area contributed by atoms with Gasteiger partial charge in [0.05, 0.1) is 16.9 Å². The predicted octanol–water partition coefficient (Wildman–Crippen LogP) is 3.57. The largest absolute Gasteiger partial charge is 0.468 e. The van der Waals surface area contributed by atoms with E-state index in [1.54, 1.807) is 25.4 Å². The summed E-state index contributed by atoms with van der Waals surface area (Å²) >= 11 is 1.09. The summed E-state index contributed by atoms with van der Waals surface area (Å²) in [4.78, 5) is 0.0336. The maximum absolute atomic E-state index is 13.7. The summed E-state index contributed by atoms with van der Waals surface area (Å²) in [6.45, 7) is 0.441.